The van der Waals surface area contributed by atoms with Gasteiger partial charge in [0.2, 0.25) is 0 Å². The summed E-state index contributed by atoms with van der Waals surface area (Å²) in [5.41, 5.74) is 1.24. The summed E-state index contributed by atoms with van der Waals surface area (Å²) in [7, 11) is 0. The van der Waals surface area contributed by atoms with Gasteiger partial charge in [-0.05, 0) is 0 Å². The Kier molecular flexibility index (Phi) is 3.90. The first kappa shape index (κ1) is 12.0. The van der Waals surface area contributed by atoms with Gasteiger partial charge >= 0.3 is 108 Å². The predicted octanol–water partition coefficient (Wildman–Crippen LogP) is 1.87. The number of rotatable bonds is 3. The first-order valence-corrected chi connectivity index (χ1v) is 9.98. The van der Waals surface area contributed by atoms with Crippen molar-refractivity contribution in [1.29, 1.82) is 0 Å². The monoisotopic (exact) mass is 323 g/mol. The molecule has 0 spiro atoms. The molecule has 1 aliphatic rings. The molecule has 1 heterocycles. The van der Waals surface area contributed by atoms with Crippen LogP contribution in [0.4, 0.5) is 0 Å². The molecule has 3 heteroatoms. The number of aliphatic imine (C=N–C) groups is 1. The van der Waals surface area contributed by atoms with Crippen molar-refractivity contribution >= 4 is 30.6 Å². The van der Waals surface area contributed by atoms with E-state index in [0.29, 0.717) is 12.0 Å². The van der Waals surface area contributed by atoms with Crippen LogP contribution in [0.25, 0.3) is 0 Å². The molecule has 2 rings (SSSR count). The van der Waals surface area contributed by atoms with E-state index in [0.717, 1.165) is 12.5 Å². The zero-order valence-corrected chi connectivity index (χ0v) is 12.9. The summed E-state index contributed by atoms with van der Waals surface area (Å²) in [4.78, 5) is 7.02. The predicted molar refractivity (Wildman–Crippen MR) is 68.8 cm³/mol. The van der Waals surface area contributed by atoms with E-state index in [1.165, 1.54) is 9.14 Å². The first-order valence-electron chi connectivity index (χ1n) is 5.70. The fraction of sp³-hybridized carbons (Fsp3) is 0.462. The Bertz CT molecular complexity index is 401. The standard InChI is InChI=1S/C12H14NO.CH3.Sn/c1-9(2)11-8-14-12(13-11)10-6-4-3-5-7-10;;/h3-6,9,11H,8H2,1-2H3;1H3;/t11-;;/m1../s1. The molecule has 0 saturated carbocycles. The molecular weight excluding hydrogens is 305 g/mol. The SMILES string of the molecule is [CH3][Sn][c]1ccccc1C1=N[C@@H](C(C)C)CO1. The van der Waals surface area contributed by atoms with Crippen molar-refractivity contribution in [3.05, 3.63) is 29.8 Å². The minimum absolute atomic E-state index is 0.338. The fourth-order valence-corrected chi connectivity index (χ4v) is 3.83. The maximum atomic E-state index is 5.73. The van der Waals surface area contributed by atoms with Crippen molar-refractivity contribution in [2.75, 3.05) is 6.61 Å². The van der Waals surface area contributed by atoms with E-state index in [1.807, 2.05) is 0 Å². The van der Waals surface area contributed by atoms with Crippen LogP contribution in [0.1, 0.15) is 19.4 Å². The molecule has 2 nitrogen and oxygen atoms in total. The van der Waals surface area contributed by atoms with Crippen molar-refractivity contribution in [2.45, 2.75) is 24.8 Å². The summed E-state index contributed by atoms with van der Waals surface area (Å²) in [6.45, 7) is 5.14. The zero-order chi connectivity index (χ0) is 11.5. The van der Waals surface area contributed by atoms with E-state index in [4.69, 9.17) is 4.74 Å². The molecule has 0 N–H and O–H groups in total. The fourth-order valence-electron chi connectivity index (χ4n) is 1.77. The van der Waals surface area contributed by atoms with Crippen molar-refractivity contribution in [1.82, 2.24) is 0 Å². The number of ether oxygens (including phenoxy) is 1. The van der Waals surface area contributed by atoms with E-state index >= 15 is 0 Å². The summed E-state index contributed by atoms with van der Waals surface area (Å²) < 4.78 is 7.21. The van der Waals surface area contributed by atoms with Gasteiger partial charge in [0.05, 0.1) is 0 Å². The van der Waals surface area contributed by atoms with Crippen LogP contribution >= 0.6 is 0 Å². The molecule has 1 aromatic carbocycles. The zero-order valence-electron chi connectivity index (χ0n) is 10.0. The molecule has 0 amide bonds. The number of hydrogen-bond donors (Lipinski definition) is 0. The molecule has 1 aliphatic heterocycles. The van der Waals surface area contributed by atoms with Crippen molar-refractivity contribution in [2.24, 2.45) is 10.9 Å². The third-order valence-electron chi connectivity index (χ3n) is 2.87. The quantitative estimate of drug-likeness (QED) is 0.779. The second-order valence-electron chi connectivity index (χ2n) is 4.35. The minimum atomic E-state index is -0.434. The summed E-state index contributed by atoms with van der Waals surface area (Å²) in [6.07, 6.45) is 0. The molecule has 2 radical (unpaired) electrons. The van der Waals surface area contributed by atoms with Gasteiger partial charge in [-0.25, -0.2) is 0 Å². The Balaban J connectivity index is 2.28. The molecule has 16 heavy (non-hydrogen) atoms. The molecule has 1 atom stereocenters. The molecule has 0 fully saturated rings. The van der Waals surface area contributed by atoms with Crippen LogP contribution in [0.2, 0.25) is 4.94 Å². The second kappa shape index (κ2) is 5.21. The van der Waals surface area contributed by atoms with Gasteiger partial charge in [0.25, 0.3) is 0 Å². The molecule has 0 saturated heterocycles. The van der Waals surface area contributed by atoms with Crippen molar-refractivity contribution in [3.63, 3.8) is 0 Å². The number of nitrogens with zero attached hydrogens (tertiary/aromatic N) is 1. The molecule has 84 valence electrons. The Hall–Kier alpha value is -0.511. The Labute approximate surface area is 107 Å². The van der Waals surface area contributed by atoms with Crippen molar-refractivity contribution in [3.8, 4) is 0 Å². The van der Waals surface area contributed by atoms with Crippen LogP contribution in [0.5, 0.6) is 0 Å². The van der Waals surface area contributed by atoms with E-state index in [2.05, 4.69) is 48.0 Å². The van der Waals surface area contributed by atoms with Crippen LogP contribution < -0.4 is 3.58 Å². The molecule has 0 bridgehead atoms. The van der Waals surface area contributed by atoms with Gasteiger partial charge in [-0.2, -0.15) is 0 Å². The van der Waals surface area contributed by atoms with E-state index in [1.54, 1.807) is 0 Å². The van der Waals surface area contributed by atoms with Crippen LogP contribution in [0.15, 0.2) is 29.3 Å². The molecule has 1 aromatic rings. The van der Waals surface area contributed by atoms with Crippen molar-refractivity contribution < 1.29 is 4.74 Å². The first-order chi connectivity index (χ1) is 7.72. The van der Waals surface area contributed by atoms with Crippen LogP contribution in [0.3, 0.4) is 0 Å². The average Bonchev–Trinajstić information content (AvgIpc) is 2.78. The van der Waals surface area contributed by atoms with Gasteiger partial charge in [0.15, 0.2) is 0 Å². The second-order valence-corrected chi connectivity index (χ2v) is 7.32. The van der Waals surface area contributed by atoms with Gasteiger partial charge in [0, 0.05) is 0 Å². The Morgan fingerprint density at radius 2 is 2.12 bits per heavy atom. The summed E-state index contributed by atoms with van der Waals surface area (Å²) in [6, 6.07) is 8.88. The molecule has 0 aliphatic carbocycles. The Morgan fingerprint density at radius 1 is 1.38 bits per heavy atom. The topological polar surface area (TPSA) is 21.6 Å². The molecule has 0 unspecified atom stereocenters. The number of benzene rings is 1. The number of hydrogen-bond acceptors (Lipinski definition) is 2. The normalized spacial score (nSPS) is 19.8. The van der Waals surface area contributed by atoms with Crippen LogP contribution in [0, 0.1) is 5.92 Å². The molecule has 0 aromatic heterocycles. The van der Waals surface area contributed by atoms with Crippen LogP contribution in [-0.2, 0) is 4.74 Å². The van der Waals surface area contributed by atoms with Gasteiger partial charge in [0.1, 0.15) is 0 Å². The Morgan fingerprint density at radius 3 is 2.75 bits per heavy atom. The van der Waals surface area contributed by atoms with Gasteiger partial charge in [-0.1, -0.05) is 0 Å². The van der Waals surface area contributed by atoms with E-state index < -0.39 is 21.1 Å². The van der Waals surface area contributed by atoms with Gasteiger partial charge in [-0.3, -0.25) is 0 Å². The third-order valence-corrected chi connectivity index (χ3v) is 5.65. The summed E-state index contributed by atoms with van der Waals surface area (Å²) >= 11 is -0.434. The van der Waals surface area contributed by atoms with E-state index in [9.17, 15) is 0 Å². The molecular formula is C13H17NOSn. The summed E-state index contributed by atoms with van der Waals surface area (Å²) in [5.74, 6) is 1.43. The maximum absolute atomic E-state index is 5.73. The van der Waals surface area contributed by atoms with E-state index in [-0.39, 0.29) is 0 Å². The van der Waals surface area contributed by atoms with Gasteiger partial charge < -0.3 is 0 Å². The average molecular weight is 322 g/mol. The third kappa shape index (κ3) is 2.42. The van der Waals surface area contributed by atoms with Crippen LogP contribution in [-0.4, -0.2) is 39.7 Å². The van der Waals surface area contributed by atoms with Gasteiger partial charge in [-0.15, -0.1) is 0 Å². The summed E-state index contributed by atoms with van der Waals surface area (Å²) in [5, 5.41) is 0.